The average molecular weight is 261 g/mol. The lowest BCUT2D eigenvalue weighted by atomic mass is 10.3. The number of oxazole rings is 1. The highest BCUT2D eigenvalue weighted by Gasteiger charge is 2.16. The fourth-order valence-corrected chi connectivity index (χ4v) is 1.56. The molecule has 1 amide bonds. The summed E-state index contributed by atoms with van der Waals surface area (Å²) in [6.45, 7) is 3.29. The number of aromatic carboxylic acids is 1. The van der Waals surface area contributed by atoms with Crippen LogP contribution in [0.2, 0.25) is 0 Å². The van der Waals surface area contributed by atoms with Gasteiger partial charge in [0.25, 0.3) is 5.91 Å². The summed E-state index contributed by atoms with van der Waals surface area (Å²) in [6.07, 6.45) is 1.30. The molecule has 0 atom stereocenters. The average Bonchev–Trinajstić information content (AvgIpc) is 2.69. The third-order valence-corrected chi connectivity index (χ3v) is 2.35. The van der Waals surface area contributed by atoms with Gasteiger partial charge in [-0.05, 0) is 19.1 Å². The Morgan fingerprint density at radius 1 is 1.37 bits per heavy atom. The van der Waals surface area contributed by atoms with Gasteiger partial charge in [0.2, 0.25) is 5.76 Å². The van der Waals surface area contributed by atoms with Gasteiger partial charge in [0.15, 0.2) is 5.89 Å². The number of carboxylic acids is 1. The zero-order valence-electron chi connectivity index (χ0n) is 10.3. The van der Waals surface area contributed by atoms with E-state index < -0.39 is 11.9 Å². The molecule has 0 aliphatic carbocycles. The van der Waals surface area contributed by atoms with Crippen molar-refractivity contribution < 1.29 is 19.1 Å². The maximum atomic E-state index is 11.9. The zero-order valence-corrected chi connectivity index (χ0v) is 10.3. The number of anilines is 1. The van der Waals surface area contributed by atoms with Crippen molar-refractivity contribution in [2.75, 3.05) is 5.32 Å². The van der Waals surface area contributed by atoms with Crippen LogP contribution < -0.4 is 5.32 Å². The summed E-state index contributed by atoms with van der Waals surface area (Å²) in [5.41, 5.74) is 0.650. The van der Waals surface area contributed by atoms with Gasteiger partial charge in [-0.15, -0.1) is 0 Å². The van der Waals surface area contributed by atoms with Crippen LogP contribution in [0.15, 0.2) is 22.7 Å². The van der Waals surface area contributed by atoms with Crippen molar-refractivity contribution in [2.24, 2.45) is 0 Å². The van der Waals surface area contributed by atoms with Crippen molar-refractivity contribution in [3.8, 4) is 0 Å². The number of hydrogen-bond acceptors (Lipinski definition) is 5. The minimum atomic E-state index is -1.16. The minimum absolute atomic E-state index is 0.103. The number of carbonyl (C=O) groups is 2. The molecule has 0 bridgehead atoms. The molecule has 0 radical (unpaired) electrons. The van der Waals surface area contributed by atoms with E-state index in [-0.39, 0.29) is 11.5 Å². The van der Waals surface area contributed by atoms with Gasteiger partial charge >= 0.3 is 5.97 Å². The Labute approximate surface area is 108 Å². The van der Waals surface area contributed by atoms with Crippen LogP contribution in [-0.2, 0) is 0 Å². The van der Waals surface area contributed by atoms with E-state index in [1.807, 2.05) is 0 Å². The number of aromatic nitrogens is 2. The van der Waals surface area contributed by atoms with Gasteiger partial charge in [0, 0.05) is 18.8 Å². The van der Waals surface area contributed by atoms with E-state index in [2.05, 4.69) is 15.3 Å². The van der Waals surface area contributed by atoms with Crippen LogP contribution in [0.5, 0.6) is 0 Å². The van der Waals surface area contributed by atoms with Crippen molar-refractivity contribution >= 4 is 17.6 Å². The molecule has 2 aromatic heterocycles. The molecule has 0 saturated heterocycles. The Bertz CT molecular complexity index is 648. The lowest BCUT2D eigenvalue weighted by molar-refractivity contribution is 0.0690. The maximum Gasteiger partial charge on any atom is 0.354 e. The molecule has 2 aromatic rings. The number of nitrogens with one attached hydrogen (secondary N) is 1. The SMILES string of the molecule is Cc1nc(C)c(C(=O)Nc2ccnc(C(=O)O)c2)o1. The summed E-state index contributed by atoms with van der Waals surface area (Å²) >= 11 is 0. The largest absolute Gasteiger partial charge is 0.477 e. The monoisotopic (exact) mass is 261 g/mol. The predicted octanol–water partition coefficient (Wildman–Crippen LogP) is 1.64. The summed E-state index contributed by atoms with van der Waals surface area (Å²) in [5.74, 6) is -1.15. The highest BCUT2D eigenvalue weighted by atomic mass is 16.4. The molecule has 7 nitrogen and oxygen atoms in total. The van der Waals surface area contributed by atoms with Gasteiger partial charge in [-0.1, -0.05) is 0 Å². The second kappa shape index (κ2) is 4.89. The molecular weight excluding hydrogens is 250 g/mol. The molecule has 19 heavy (non-hydrogen) atoms. The number of carbonyl (C=O) groups excluding carboxylic acids is 1. The van der Waals surface area contributed by atoms with E-state index in [4.69, 9.17) is 9.52 Å². The van der Waals surface area contributed by atoms with Crippen molar-refractivity contribution in [2.45, 2.75) is 13.8 Å². The van der Waals surface area contributed by atoms with Crippen molar-refractivity contribution in [3.05, 3.63) is 41.4 Å². The van der Waals surface area contributed by atoms with Gasteiger partial charge in [0.05, 0.1) is 5.69 Å². The van der Waals surface area contributed by atoms with E-state index in [1.165, 1.54) is 18.3 Å². The molecule has 0 saturated carbocycles. The molecule has 2 N–H and O–H groups in total. The molecule has 0 fully saturated rings. The van der Waals surface area contributed by atoms with E-state index in [9.17, 15) is 9.59 Å². The highest BCUT2D eigenvalue weighted by Crippen LogP contribution is 2.14. The molecule has 2 rings (SSSR count). The molecule has 0 aromatic carbocycles. The number of carboxylic acid groups (broad SMARTS) is 1. The molecule has 98 valence electrons. The normalized spacial score (nSPS) is 10.2. The first-order valence-corrected chi connectivity index (χ1v) is 5.42. The second-order valence-electron chi connectivity index (χ2n) is 3.84. The number of aryl methyl sites for hydroxylation is 2. The Kier molecular flexibility index (Phi) is 3.28. The lowest BCUT2D eigenvalue weighted by Gasteiger charge is -2.03. The van der Waals surface area contributed by atoms with Crippen molar-refractivity contribution in [3.63, 3.8) is 0 Å². The van der Waals surface area contributed by atoms with Gasteiger partial charge in [-0.3, -0.25) is 4.79 Å². The Morgan fingerprint density at radius 3 is 2.68 bits per heavy atom. The summed E-state index contributed by atoms with van der Waals surface area (Å²) in [5, 5.41) is 11.3. The second-order valence-corrected chi connectivity index (χ2v) is 3.84. The third kappa shape index (κ3) is 2.76. The van der Waals surface area contributed by atoms with Crippen LogP contribution in [0, 0.1) is 13.8 Å². The van der Waals surface area contributed by atoms with Crippen LogP contribution in [0.4, 0.5) is 5.69 Å². The first kappa shape index (κ1) is 12.7. The van der Waals surface area contributed by atoms with Gasteiger partial charge in [-0.2, -0.15) is 0 Å². The Hall–Kier alpha value is -2.70. The summed E-state index contributed by atoms with van der Waals surface area (Å²) in [4.78, 5) is 30.3. The standard InChI is InChI=1S/C12H11N3O4/c1-6-10(19-7(2)14-6)11(16)15-8-3-4-13-9(5-8)12(17)18/h3-5H,1-2H3,(H,17,18)(H,13,15,16). The van der Waals surface area contributed by atoms with Crippen LogP contribution >= 0.6 is 0 Å². The van der Waals surface area contributed by atoms with E-state index in [1.54, 1.807) is 13.8 Å². The topological polar surface area (TPSA) is 105 Å². The smallest absolute Gasteiger partial charge is 0.354 e. The first-order valence-electron chi connectivity index (χ1n) is 5.42. The zero-order chi connectivity index (χ0) is 14.0. The predicted molar refractivity (Wildman–Crippen MR) is 65.1 cm³/mol. The van der Waals surface area contributed by atoms with Crippen LogP contribution in [-0.4, -0.2) is 27.0 Å². The third-order valence-electron chi connectivity index (χ3n) is 2.35. The minimum Gasteiger partial charge on any atom is -0.477 e. The number of hydrogen-bond donors (Lipinski definition) is 2. The van der Waals surface area contributed by atoms with E-state index in [0.29, 0.717) is 17.3 Å². The number of amides is 1. The fraction of sp³-hybridized carbons (Fsp3) is 0.167. The van der Waals surface area contributed by atoms with Crippen LogP contribution in [0.3, 0.4) is 0 Å². The molecule has 0 unspecified atom stereocenters. The fourth-order valence-electron chi connectivity index (χ4n) is 1.56. The summed E-state index contributed by atoms with van der Waals surface area (Å²) < 4.78 is 5.17. The highest BCUT2D eigenvalue weighted by molar-refractivity contribution is 6.03. The number of rotatable bonds is 3. The Morgan fingerprint density at radius 2 is 2.11 bits per heavy atom. The van der Waals surface area contributed by atoms with Gasteiger partial charge < -0.3 is 14.8 Å². The summed E-state index contributed by atoms with van der Waals surface area (Å²) in [7, 11) is 0. The quantitative estimate of drug-likeness (QED) is 0.870. The van der Waals surface area contributed by atoms with Gasteiger partial charge in [0.1, 0.15) is 5.69 Å². The number of nitrogens with zero attached hydrogens (tertiary/aromatic N) is 2. The number of pyridine rings is 1. The molecular formula is C12H11N3O4. The van der Waals surface area contributed by atoms with E-state index in [0.717, 1.165) is 0 Å². The molecule has 0 aliphatic heterocycles. The molecule has 0 spiro atoms. The lowest BCUT2D eigenvalue weighted by Crippen LogP contribution is -2.13. The van der Waals surface area contributed by atoms with Crippen LogP contribution in [0.1, 0.15) is 32.6 Å². The molecule has 2 heterocycles. The molecule has 7 heteroatoms. The van der Waals surface area contributed by atoms with Gasteiger partial charge in [-0.25, -0.2) is 14.8 Å². The Balaban J connectivity index is 2.21. The maximum absolute atomic E-state index is 11.9. The van der Waals surface area contributed by atoms with E-state index >= 15 is 0 Å². The first-order chi connectivity index (χ1) is 8.97. The van der Waals surface area contributed by atoms with Crippen molar-refractivity contribution in [1.82, 2.24) is 9.97 Å². The summed E-state index contributed by atoms with van der Waals surface area (Å²) in [6, 6.07) is 2.75. The van der Waals surface area contributed by atoms with Crippen LogP contribution in [0.25, 0.3) is 0 Å². The molecule has 0 aliphatic rings. The van der Waals surface area contributed by atoms with Crippen molar-refractivity contribution in [1.29, 1.82) is 0 Å².